The standard InChI is InChI=1S/C26H37NO3Si/c1-25(2,3)31(6,7)30-23-13-16-8-9-19-18(20(16)14-22(23)29-5)10-11-26(4)21(19)12-17(15-27)24(26)28/h13-14,17-19,21H,8-12H2,1-7H3. The van der Waals surface area contributed by atoms with Gasteiger partial charge >= 0.3 is 0 Å². The second kappa shape index (κ2) is 7.37. The molecule has 5 unspecified atom stereocenters. The highest BCUT2D eigenvalue weighted by molar-refractivity contribution is 6.74. The van der Waals surface area contributed by atoms with Gasteiger partial charge in [0.15, 0.2) is 11.5 Å². The number of fused-ring (bicyclic) bond motifs is 5. The highest BCUT2D eigenvalue weighted by atomic mass is 28.4. The minimum Gasteiger partial charge on any atom is -0.541 e. The van der Waals surface area contributed by atoms with Crippen molar-refractivity contribution in [3.05, 3.63) is 23.3 Å². The average molecular weight is 440 g/mol. The summed E-state index contributed by atoms with van der Waals surface area (Å²) in [7, 11) is -0.241. The monoisotopic (exact) mass is 439 g/mol. The van der Waals surface area contributed by atoms with Gasteiger partial charge in [-0.15, -0.1) is 0 Å². The number of aryl methyl sites for hydroxylation is 1. The molecule has 5 atom stereocenters. The van der Waals surface area contributed by atoms with Gasteiger partial charge in [0.1, 0.15) is 11.7 Å². The Morgan fingerprint density at radius 2 is 1.90 bits per heavy atom. The highest BCUT2D eigenvalue weighted by Crippen LogP contribution is 2.61. The summed E-state index contributed by atoms with van der Waals surface area (Å²) in [6.07, 6.45) is 4.74. The molecule has 1 aromatic rings. The molecule has 0 N–H and O–H groups in total. The molecule has 2 fully saturated rings. The molecule has 5 heteroatoms. The van der Waals surface area contributed by atoms with E-state index in [1.165, 1.54) is 11.1 Å². The smallest absolute Gasteiger partial charge is 0.250 e. The number of benzene rings is 1. The van der Waals surface area contributed by atoms with E-state index in [4.69, 9.17) is 9.16 Å². The van der Waals surface area contributed by atoms with Crippen molar-refractivity contribution in [1.82, 2.24) is 0 Å². The van der Waals surface area contributed by atoms with Crippen molar-refractivity contribution >= 4 is 14.1 Å². The average Bonchev–Trinajstić information content (AvgIpc) is 2.96. The first kappa shape index (κ1) is 22.4. The lowest BCUT2D eigenvalue weighted by molar-refractivity contribution is -0.130. The van der Waals surface area contributed by atoms with Gasteiger partial charge in [-0.25, -0.2) is 0 Å². The number of nitriles is 1. The molecule has 168 valence electrons. The van der Waals surface area contributed by atoms with Crippen molar-refractivity contribution in [2.75, 3.05) is 7.11 Å². The van der Waals surface area contributed by atoms with Crippen LogP contribution in [0, 0.1) is 34.5 Å². The normalized spacial score (nSPS) is 32.5. The summed E-state index contributed by atoms with van der Waals surface area (Å²) in [5.74, 6) is 2.74. The first-order valence-electron chi connectivity index (χ1n) is 11.8. The fourth-order valence-corrected chi connectivity index (χ4v) is 7.19. The maximum Gasteiger partial charge on any atom is 0.250 e. The van der Waals surface area contributed by atoms with E-state index in [-0.39, 0.29) is 16.2 Å². The molecule has 3 aliphatic carbocycles. The van der Waals surface area contributed by atoms with Crippen LogP contribution in [0.25, 0.3) is 0 Å². The molecule has 0 radical (unpaired) electrons. The zero-order valence-corrected chi connectivity index (χ0v) is 21.2. The predicted molar refractivity (Wildman–Crippen MR) is 125 cm³/mol. The second-order valence-electron chi connectivity index (χ2n) is 11.7. The maximum atomic E-state index is 12.9. The molecular formula is C26H37NO3Si. The number of hydrogen-bond donors (Lipinski definition) is 0. The lowest BCUT2D eigenvalue weighted by Gasteiger charge is -2.48. The quantitative estimate of drug-likeness (QED) is 0.522. The first-order valence-corrected chi connectivity index (χ1v) is 14.7. The van der Waals surface area contributed by atoms with E-state index in [0.29, 0.717) is 17.8 Å². The van der Waals surface area contributed by atoms with Gasteiger partial charge in [-0.3, -0.25) is 4.79 Å². The number of carbonyl (C=O) groups is 1. The molecule has 3 aliphatic rings. The molecule has 0 amide bonds. The summed E-state index contributed by atoms with van der Waals surface area (Å²) < 4.78 is 12.5. The Labute approximate surface area is 188 Å². The zero-order chi connectivity index (χ0) is 22.8. The van der Waals surface area contributed by atoms with E-state index >= 15 is 0 Å². The lowest BCUT2D eigenvalue weighted by Crippen LogP contribution is -2.44. The van der Waals surface area contributed by atoms with E-state index in [1.807, 2.05) is 0 Å². The van der Waals surface area contributed by atoms with E-state index in [1.54, 1.807) is 7.11 Å². The second-order valence-corrected chi connectivity index (χ2v) is 16.4. The number of methoxy groups -OCH3 is 1. The summed E-state index contributed by atoms with van der Waals surface area (Å²) in [5, 5.41) is 9.63. The van der Waals surface area contributed by atoms with Crippen molar-refractivity contribution < 1.29 is 14.0 Å². The Morgan fingerprint density at radius 1 is 1.19 bits per heavy atom. The molecule has 0 spiro atoms. The molecule has 4 nitrogen and oxygen atoms in total. The van der Waals surface area contributed by atoms with Crippen molar-refractivity contribution in [1.29, 1.82) is 5.26 Å². The van der Waals surface area contributed by atoms with Crippen LogP contribution in [0.2, 0.25) is 18.1 Å². The van der Waals surface area contributed by atoms with Crippen LogP contribution in [0.1, 0.15) is 70.4 Å². The predicted octanol–water partition coefficient (Wildman–Crippen LogP) is 6.25. The third kappa shape index (κ3) is 3.42. The molecule has 0 bridgehead atoms. The molecule has 2 saturated carbocycles. The fourth-order valence-electron chi connectivity index (χ4n) is 6.18. The number of rotatable bonds is 3. The van der Waals surface area contributed by atoms with Crippen molar-refractivity contribution in [3.8, 4) is 17.6 Å². The van der Waals surface area contributed by atoms with E-state index in [9.17, 15) is 10.1 Å². The SMILES string of the molecule is COc1cc2c(cc1O[Si](C)(C)C(C)(C)C)CCC1C2CCC2(C)C(=O)C(C#N)CC12. The molecule has 0 heterocycles. The number of carbonyl (C=O) groups excluding carboxylic acids is 1. The maximum absolute atomic E-state index is 12.9. The Hall–Kier alpha value is -1.80. The van der Waals surface area contributed by atoms with Crippen molar-refractivity contribution in [2.24, 2.45) is 23.2 Å². The van der Waals surface area contributed by atoms with Crippen molar-refractivity contribution in [3.63, 3.8) is 0 Å². The van der Waals surface area contributed by atoms with Gasteiger partial charge in [0, 0.05) is 5.41 Å². The van der Waals surface area contributed by atoms with Crippen LogP contribution in [0.3, 0.4) is 0 Å². The van der Waals surface area contributed by atoms with Gasteiger partial charge in [0.25, 0.3) is 8.32 Å². The minimum atomic E-state index is -1.97. The summed E-state index contributed by atoms with van der Waals surface area (Å²) in [6, 6.07) is 6.74. The van der Waals surface area contributed by atoms with Crippen LogP contribution in [0.4, 0.5) is 0 Å². The number of Topliss-reactive ketones (excluding diaryl/α,β-unsaturated/α-hetero) is 1. The van der Waals surface area contributed by atoms with Crippen LogP contribution in [-0.2, 0) is 11.2 Å². The Bertz CT molecular complexity index is 941. The van der Waals surface area contributed by atoms with Crippen LogP contribution in [0.15, 0.2) is 12.1 Å². The van der Waals surface area contributed by atoms with Crippen LogP contribution in [-0.4, -0.2) is 21.2 Å². The summed E-state index contributed by atoms with van der Waals surface area (Å²) in [6.45, 7) is 13.4. The zero-order valence-electron chi connectivity index (χ0n) is 20.2. The highest BCUT2D eigenvalue weighted by Gasteiger charge is 2.58. The molecule has 0 aromatic heterocycles. The topological polar surface area (TPSA) is 59.3 Å². The lowest BCUT2D eigenvalue weighted by atomic mass is 9.55. The van der Waals surface area contributed by atoms with Crippen LogP contribution >= 0.6 is 0 Å². The Kier molecular flexibility index (Phi) is 5.32. The number of nitrogens with zero attached hydrogens (tertiary/aromatic N) is 1. The third-order valence-electron chi connectivity index (χ3n) is 9.09. The van der Waals surface area contributed by atoms with Gasteiger partial charge < -0.3 is 9.16 Å². The molecule has 0 saturated heterocycles. The summed E-state index contributed by atoms with van der Waals surface area (Å²) in [4.78, 5) is 12.9. The largest absolute Gasteiger partial charge is 0.541 e. The summed E-state index contributed by atoms with van der Waals surface area (Å²) in [5.41, 5.74) is 2.44. The fraction of sp³-hybridized carbons (Fsp3) is 0.692. The number of ketones is 1. The third-order valence-corrected chi connectivity index (χ3v) is 13.4. The molecule has 31 heavy (non-hydrogen) atoms. The van der Waals surface area contributed by atoms with E-state index in [0.717, 1.165) is 43.6 Å². The van der Waals surface area contributed by atoms with E-state index < -0.39 is 14.2 Å². The van der Waals surface area contributed by atoms with Gasteiger partial charge in [-0.05, 0) is 91.2 Å². The Balaban J connectivity index is 1.68. The molecule has 4 rings (SSSR count). The molecule has 1 aromatic carbocycles. The first-order chi connectivity index (χ1) is 14.4. The van der Waals surface area contributed by atoms with Gasteiger partial charge in [0.2, 0.25) is 0 Å². The molecule has 0 aliphatic heterocycles. The molecular weight excluding hydrogens is 402 g/mol. The number of ether oxygens (including phenoxy) is 1. The number of hydrogen-bond acceptors (Lipinski definition) is 4. The van der Waals surface area contributed by atoms with Crippen LogP contribution < -0.4 is 9.16 Å². The Morgan fingerprint density at radius 3 is 2.52 bits per heavy atom. The van der Waals surface area contributed by atoms with Gasteiger partial charge in [0.05, 0.1) is 13.2 Å². The van der Waals surface area contributed by atoms with Crippen LogP contribution in [0.5, 0.6) is 11.5 Å². The van der Waals surface area contributed by atoms with Crippen molar-refractivity contribution in [2.45, 2.75) is 83.8 Å². The minimum absolute atomic E-state index is 0.124. The van der Waals surface area contributed by atoms with E-state index in [2.05, 4.69) is 59.0 Å². The summed E-state index contributed by atoms with van der Waals surface area (Å²) >= 11 is 0. The van der Waals surface area contributed by atoms with Gasteiger partial charge in [-0.1, -0.05) is 27.7 Å². The van der Waals surface area contributed by atoms with Gasteiger partial charge in [-0.2, -0.15) is 5.26 Å².